The first-order valence-electron chi connectivity index (χ1n) is 5.02. The molecule has 2 N–H and O–H groups in total. The van der Waals surface area contributed by atoms with E-state index in [-0.39, 0.29) is 0 Å². The largest absolute Gasteiger partial charge is 0.383 e. The van der Waals surface area contributed by atoms with Crippen LogP contribution in [0.4, 0.5) is 0 Å². The van der Waals surface area contributed by atoms with Crippen LogP contribution in [0.2, 0.25) is 0 Å². The summed E-state index contributed by atoms with van der Waals surface area (Å²) >= 11 is 3.16. The molecule has 1 unspecified atom stereocenters. The first-order valence-corrected chi connectivity index (χ1v) is 6.85. The Morgan fingerprint density at radius 1 is 1.56 bits per heavy atom. The van der Waals surface area contributed by atoms with Gasteiger partial charge < -0.3 is 10.4 Å². The van der Waals surface area contributed by atoms with Gasteiger partial charge in [-0.05, 0) is 18.4 Å². The Morgan fingerprint density at radius 3 is 3.06 bits per heavy atom. The molecule has 0 aliphatic carbocycles. The van der Waals surface area contributed by atoms with Gasteiger partial charge in [-0.25, -0.2) is 4.98 Å². The van der Waals surface area contributed by atoms with Crippen molar-refractivity contribution < 1.29 is 5.11 Å². The van der Waals surface area contributed by atoms with Gasteiger partial charge in [0.1, 0.15) is 5.60 Å². The fraction of sp³-hybridized carbons (Fsp3) is 0.364. The summed E-state index contributed by atoms with van der Waals surface area (Å²) in [6.45, 7) is 3.06. The SMILES string of the molecule is CC(O)(CNCc1cscn1)c1cccs1. The molecule has 0 amide bonds. The maximum atomic E-state index is 10.2. The van der Waals surface area contributed by atoms with Crippen LogP contribution in [0.25, 0.3) is 0 Å². The molecular weight excluding hydrogens is 240 g/mol. The molecule has 0 spiro atoms. The van der Waals surface area contributed by atoms with Gasteiger partial charge in [-0.15, -0.1) is 22.7 Å². The highest BCUT2D eigenvalue weighted by molar-refractivity contribution is 7.10. The molecule has 0 saturated carbocycles. The minimum atomic E-state index is -0.801. The summed E-state index contributed by atoms with van der Waals surface area (Å²) in [5, 5.41) is 17.4. The van der Waals surface area contributed by atoms with Gasteiger partial charge in [-0.1, -0.05) is 6.07 Å². The Hall–Kier alpha value is -0.750. The van der Waals surface area contributed by atoms with Crippen LogP contribution in [-0.4, -0.2) is 16.6 Å². The van der Waals surface area contributed by atoms with Crippen molar-refractivity contribution in [2.75, 3.05) is 6.54 Å². The smallest absolute Gasteiger partial charge is 0.108 e. The number of hydrogen-bond acceptors (Lipinski definition) is 5. The van der Waals surface area contributed by atoms with Crippen LogP contribution in [-0.2, 0) is 12.1 Å². The monoisotopic (exact) mass is 254 g/mol. The fourth-order valence-electron chi connectivity index (χ4n) is 1.43. The van der Waals surface area contributed by atoms with E-state index in [1.165, 1.54) is 0 Å². The average Bonchev–Trinajstić information content (AvgIpc) is 2.90. The van der Waals surface area contributed by atoms with Crippen molar-refractivity contribution in [1.82, 2.24) is 10.3 Å². The molecule has 2 rings (SSSR count). The van der Waals surface area contributed by atoms with Crippen molar-refractivity contribution in [2.24, 2.45) is 0 Å². The van der Waals surface area contributed by atoms with Crippen LogP contribution >= 0.6 is 22.7 Å². The maximum Gasteiger partial charge on any atom is 0.108 e. The molecule has 86 valence electrons. The molecule has 1 atom stereocenters. The summed E-state index contributed by atoms with van der Waals surface area (Å²) in [6, 6.07) is 3.91. The molecule has 2 heterocycles. The number of thiazole rings is 1. The quantitative estimate of drug-likeness (QED) is 0.860. The van der Waals surface area contributed by atoms with Crippen LogP contribution in [0, 0.1) is 0 Å². The van der Waals surface area contributed by atoms with Crippen molar-refractivity contribution >= 4 is 22.7 Å². The van der Waals surface area contributed by atoms with E-state index in [1.807, 2.05) is 35.3 Å². The van der Waals surface area contributed by atoms with E-state index in [0.29, 0.717) is 13.1 Å². The van der Waals surface area contributed by atoms with E-state index in [1.54, 1.807) is 22.7 Å². The van der Waals surface area contributed by atoms with Gasteiger partial charge in [0, 0.05) is 23.3 Å². The van der Waals surface area contributed by atoms with Crippen LogP contribution in [0.5, 0.6) is 0 Å². The van der Waals surface area contributed by atoms with Crippen LogP contribution in [0.3, 0.4) is 0 Å². The number of nitrogens with zero attached hydrogens (tertiary/aromatic N) is 1. The summed E-state index contributed by atoms with van der Waals surface area (Å²) in [4.78, 5) is 5.16. The Balaban J connectivity index is 1.85. The molecule has 5 heteroatoms. The number of thiophene rings is 1. The van der Waals surface area contributed by atoms with Crippen LogP contribution in [0.1, 0.15) is 17.5 Å². The highest BCUT2D eigenvalue weighted by Gasteiger charge is 2.23. The second-order valence-electron chi connectivity index (χ2n) is 3.83. The molecule has 0 fully saturated rings. The zero-order valence-electron chi connectivity index (χ0n) is 9.01. The summed E-state index contributed by atoms with van der Waals surface area (Å²) in [5.41, 5.74) is 2.03. The zero-order chi connectivity index (χ0) is 11.4. The Kier molecular flexibility index (Phi) is 3.70. The summed E-state index contributed by atoms with van der Waals surface area (Å²) in [7, 11) is 0. The Labute approximate surface area is 103 Å². The Morgan fingerprint density at radius 2 is 2.44 bits per heavy atom. The highest BCUT2D eigenvalue weighted by Crippen LogP contribution is 2.24. The first-order chi connectivity index (χ1) is 7.68. The zero-order valence-corrected chi connectivity index (χ0v) is 10.6. The molecule has 3 nitrogen and oxygen atoms in total. The standard InChI is InChI=1S/C11H14N2OS2/c1-11(14,10-3-2-4-16-10)7-12-5-9-6-15-8-13-9/h2-4,6,8,12,14H,5,7H2,1H3. The number of hydrogen-bond donors (Lipinski definition) is 2. The predicted octanol–water partition coefficient (Wildman–Crippen LogP) is 2.20. The normalized spacial score (nSPS) is 14.9. The molecule has 0 aromatic carbocycles. The molecule has 0 radical (unpaired) electrons. The minimum absolute atomic E-state index is 0.533. The van der Waals surface area contributed by atoms with Gasteiger partial charge in [0.15, 0.2) is 0 Å². The van der Waals surface area contributed by atoms with Gasteiger partial charge in [0.25, 0.3) is 0 Å². The lowest BCUT2D eigenvalue weighted by Gasteiger charge is -2.22. The van der Waals surface area contributed by atoms with Gasteiger partial charge in [-0.2, -0.15) is 0 Å². The lowest BCUT2D eigenvalue weighted by atomic mass is 10.1. The lowest BCUT2D eigenvalue weighted by Crippen LogP contribution is -2.34. The number of nitrogens with one attached hydrogen (secondary N) is 1. The third-order valence-electron chi connectivity index (χ3n) is 2.31. The van der Waals surface area contributed by atoms with Crippen molar-refractivity contribution in [3.63, 3.8) is 0 Å². The van der Waals surface area contributed by atoms with E-state index in [4.69, 9.17) is 0 Å². The summed E-state index contributed by atoms with van der Waals surface area (Å²) < 4.78 is 0. The van der Waals surface area contributed by atoms with Gasteiger partial charge >= 0.3 is 0 Å². The van der Waals surface area contributed by atoms with Crippen molar-refractivity contribution in [3.05, 3.63) is 39.0 Å². The maximum absolute atomic E-state index is 10.2. The summed E-state index contributed by atoms with van der Waals surface area (Å²) in [5.74, 6) is 0. The fourth-order valence-corrected chi connectivity index (χ4v) is 2.78. The van der Waals surface area contributed by atoms with E-state index < -0.39 is 5.60 Å². The molecule has 16 heavy (non-hydrogen) atoms. The van der Waals surface area contributed by atoms with E-state index >= 15 is 0 Å². The molecular formula is C11H14N2OS2. The van der Waals surface area contributed by atoms with E-state index in [2.05, 4.69) is 10.3 Å². The third-order valence-corrected chi connectivity index (χ3v) is 4.07. The van der Waals surface area contributed by atoms with Gasteiger partial charge in [0.2, 0.25) is 0 Å². The number of aliphatic hydroxyl groups is 1. The average molecular weight is 254 g/mol. The molecule has 2 aromatic rings. The Bertz CT molecular complexity index is 409. The van der Waals surface area contributed by atoms with E-state index in [0.717, 1.165) is 10.6 Å². The number of aromatic nitrogens is 1. The first kappa shape index (κ1) is 11.7. The van der Waals surface area contributed by atoms with Crippen molar-refractivity contribution in [1.29, 1.82) is 0 Å². The lowest BCUT2D eigenvalue weighted by molar-refractivity contribution is 0.0604. The van der Waals surface area contributed by atoms with Crippen molar-refractivity contribution in [3.8, 4) is 0 Å². The predicted molar refractivity (Wildman–Crippen MR) is 67.7 cm³/mol. The van der Waals surface area contributed by atoms with Gasteiger partial charge in [0.05, 0.1) is 11.2 Å². The second kappa shape index (κ2) is 5.05. The second-order valence-corrected chi connectivity index (χ2v) is 5.50. The number of rotatable bonds is 5. The topological polar surface area (TPSA) is 45.1 Å². The molecule has 0 saturated heterocycles. The molecule has 0 aliphatic heterocycles. The highest BCUT2D eigenvalue weighted by atomic mass is 32.1. The van der Waals surface area contributed by atoms with Gasteiger partial charge in [-0.3, -0.25) is 0 Å². The molecule has 0 bridgehead atoms. The van der Waals surface area contributed by atoms with Crippen LogP contribution in [0.15, 0.2) is 28.4 Å². The van der Waals surface area contributed by atoms with Crippen molar-refractivity contribution in [2.45, 2.75) is 19.1 Å². The molecule has 2 aromatic heterocycles. The minimum Gasteiger partial charge on any atom is -0.383 e. The third kappa shape index (κ3) is 2.89. The molecule has 0 aliphatic rings. The summed E-state index contributed by atoms with van der Waals surface area (Å²) in [6.07, 6.45) is 0. The van der Waals surface area contributed by atoms with E-state index in [9.17, 15) is 5.11 Å². The van der Waals surface area contributed by atoms with Crippen LogP contribution < -0.4 is 5.32 Å².